The van der Waals surface area contributed by atoms with Gasteiger partial charge in [-0.05, 0) is 71.8 Å². The van der Waals surface area contributed by atoms with Gasteiger partial charge in [0.25, 0.3) is 0 Å². The van der Waals surface area contributed by atoms with Gasteiger partial charge < -0.3 is 13.4 Å². The first kappa shape index (κ1) is 31.5. The molecule has 0 saturated carbocycles. The van der Waals surface area contributed by atoms with Gasteiger partial charge in [-0.3, -0.25) is 0 Å². The van der Waals surface area contributed by atoms with E-state index in [1.54, 1.807) is 0 Å². The first-order chi connectivity index (χ1) is 28.2. The molecule has 0 saturated heterocycles. The maximum atomic E-state index is 6.67. The highest BCUT2D eigenvalue weighted by molar-refractivity contribution is 6.19. The molecular formula is C51H30N4O2. The van der Waals surface area contributed by atoms with Crippen LogP contribution in [-0.2, 0) is 0 Å². The summed E-state index contributed by atoms with van der Waals surface area (Å²) in [5, 5.41) is 6.37. The third-order valence-electron chi connectivity index (χ3n) is 11.0. The van der Waals surface area contributed by atoms with Gasteiger partial charge in [0.05, 0.1) is 11.0 Å². The van der Waals surface area contributed by atoms with E-state index < -0.39 is 0 Å². The number of fused-ring (bicyclic) bond motifs is 9. The summed E-state index contributed by atoms with van der Waals surface area (Å²) >= 11 is 0. The summed E-state index contributed by atoms with van der Waals surface area (Å²) in [5.41, 5.74) is 11.3. The van der Waals surface area contributed by atoms with E-state index in [4.69, 9.17) is 23.8 Å². The molecular weight excluding hydrogens is 701 g/mol. The van der Waals surface area contributed by atoms with E-state index in [9.17, 15) is 0 Å². The molecule has 57 heavy (non-hydrogen) atoms. The van der Waals surface area contributed by atoms with Crippen LogP contribution in [0.3, 0.4) is 0 Å². The minimum atomic E-state index is 0.555. The van der Waals surface area contributed by atoms with Crippen molar-refractivity contribution in [2.45, 2.75) is 0 Å². The summed E-state index contributed by atoms with van der Waals surface area (Å²) in [6, 6.07) is 62.7. The molecule has 0 fully saturated rings. The number of hydrogen-bond donors (Lipinski definition) is 0. The number of rotatable bonds is 5. The summed E-state index contributed by atoms with van der Waals surface area (Å²) in [6.07, 6.45) is 0. The maximum absolute atomic E-state index is 6.67. The number of aromatic nitrogens is 4. The minimum absolute atomic E-state index is 0.555. The summed E-state index contributed by atoms with van der Waals surface area (Å²) in [5.74, 6) is 1.69. The molecule has 266 valence electrons. The molecule has 12 aromatic rings. The van der Waals surface area contributed by atoms with Crippen LogP contribution in [0.1, 0.15) is 0 Å². The summed E-state index contributed by atoms with van der Waals surface area (Å²) in [4.78, 5) is 15.6. The lowest BCUT2D eigenvalue weighted by Crippen LogP contribution is -2.00. The standard InChI is InChI=1S/C51H30N4O2/c1-3-13-31(14-4-1)32-15-11-16-33(27-32)49-52-50(34-25-26-38-37-20-8-10-23-44(37)56-46(38)28-34)54-51(53-49)39-21-12-24-45-48(39)41-29-43-40(30-47(41)57-45)36-19-7-9-22-42(36)55(43)35-17-5-2-6-18-35/h1-30H. The van der Waals surface area contributed by atoms with Gasteiger partial charge in [0.2, 0.25) is 0 Å². The zero-order chi connectivity index (χ0) is 37.5. The van der Waals surface area contributed by atoms with Crippen LogP contribution in [0.15, 0.2) is 191 Å². The Labute approximate surface area is 325 Å². The van der Waals surface area contributed by atoms with Gasteiger partial charge in [0, 0.05) is 54.7 Å². The SMILES string of the molecule is c1ccc(-c2cccc(-c3nc(-c4ccc5c(c4)oc4ccccc45)nc(-c4cccc5oc6cc7c8ccccc8n(-c8ccccc8)c7cc6c45)n3)c2)cc1. The molecule has 0 aliphatic carbocycles. The third kappa shape index (κ3) is 5.01. The molecule has 8 aromatic carbocycles. The lowest BCUT2D eigenvalue weighted by Gasteiger charge is -2.10. The van der Waals surface area contributed by atoms with Crippen molar-refractivity contribution in [1.82, 2.24) is 19.5 Å². The average molecular weight is 731 g/mol. The molecule has 0 aliphatic rings. The molecule has 6 nitrogen and oxygen atoms in total. The van der Waals surface area contributed by atoms with Crippen LogP contribution in [0, 0.1) is 0 Å². The molecule has 4 aromatic heterocycles. The molecule has 0 amide bonds. The fourth-order valence-corrected chi connectivity index (χ4v) is 8.42. The van der Waals surface area contributed by atoms with E-state index in [1.807, 2.05) is 42.5 Å². The Hall–Kier alpha value is -7.83. The molecule has 4 heterocycles. The number of para-hydroxylation sites is 3. The van der Waals surface area contributed by atoms with Crippen LogP contribution in [0.4, 0.5) is 0 Å². The number of benzene rings is 8. The Kier molecular flexibility index (Phi) is 6.83. The van der Waals surface area contributed by atoms with Crippen molar-refractivity contribution in [3.63, 3.8) is 0 Å². The summed E-state index contributed by atoms with van der Waals surface area (Å²) in [7, 11) is 0. The Morgan fingerprint density at radius 3 is 1.81 bits per heavy atom. The largest absolute Gasteiger partial charge is 0.456 e. The molecule has 0 aliphatic heterocycles. The van der Waals surface area contributed by atoms with Crippen LogP contribution in [0.25, 0.3) is 117 Å². The van der Waals surface area contributed by atoms with Crippen LogP contribution in [0.5, 0.6) is 0 Å². The van der Waals surface area contributed by atoms with E-state index in [0.29, 0.717) is 17.5 Å². The van der Waals surface area contributed by atoms with E-state index in [1.165, 1.54) is 5.39 Å². The predicted molar refractivity (Wildman–Crippen MR) is 230 cm³/mol. The first-order valence-corrected chi connectivity index (χ1v) is 19.0. The normalized spacial score (nSPS) is 11.9. The van der Waals surface area contributed by atoms with E-state index >= 15 is 0 Å². The minimum Gasteiger partial charge on any atom is -0.456 e. The molecule has 0 bridgehead atoms. The smallest absolute Gasteiger partial charge is 0.164 e. The molecule has 0 atom stereocenters. The third-order valence-corrected chi connectivity index (χ3v) is 11.0. The van der Waals surface area contributed by atoms with Gasteiger partial charge >= 0.3 is 0 Å². The predicted octanol–water partition coefficient (Wildman–Crippen LogP) is 13.4. The lowest BCUT2D eigenvalue weighted by molar-refractivity contribution is 0.669. The first-order valence-electron chi connectivity index (χ1n) is 19.0. The Morgan fingerprint density at radius 2 is 0.947 bits per heavy atom. The zero-order valence-corrected chi connectivity index (χ0v) is 30.4. The molecule has 0 spiro atoms. The second-order valence-corrected chi connectivity index (χ2v) is 14.4. The van der Waals surface area contributed by atoms with E-state index in [0.717, 1.165) is 93.8 Å². The van der Waals surface area contributed by atoms with Gasteiger partial charge in [-0.25, -0.2) is 15.0 Å². The topological polar surface area (TPSA) is 69.9 Å². The van der Waals surface area contributed by atoms with Crippen molar-refractivity contribution in [1.29, 1.82) is 0 Å². The van der Waals surface area contributed by atoms with Crippen molar-refractivity contribution < 1.29 is 8.83 Å². The average Bonchev–Trinajstić information content (AvgIpc) is 3.95. The fourth-order valence-electron chi connectivity index (χ4n) is 8.42. The van der Waals surface area contributed by atoms with Crippen molar-refractivity contribution in [3.05, 3.63) is 182 Å². The molecule has 6 heteroatoms. The van der Waals surface area contributed by atoms with E-state index in [-0.39, 0.29) is 0 Å². The fraction of sp³-hybridized carbons (Fsp3) is 0. The van der Waals surface area contributed by atoms with Crippen LogP contribution < -0.4 is 0 Å². The highest BCUT2D eigenvalue weighted by Gasteiger charge is 2.21. The van der Waals surface area contributed by atoms with Crippen LogP contribution in [0.2, 0.25) is 0 Å². The zero-order valence-electron chi connectivity index (χ0n) is 30.4. The van der Waals surface area contributed by atoms with Crippen molar-refractivity contribution in [2.75, 3.05) is 0 Å². The molecule has 12 rings (SSSR count). The van der Waals surface area contributed by atoms with Crippen LogP contribution >= 0.6 is 0 Å². The summed E-state index contributed by atoms with van der Waals surface area (Å²) < 4.78 is 15.3. The van der Waals surface area contributed by atoms with Gasteiger partial charge in [-0.1, -0.05) is 121 Å². The van der Waals surface area contributed by atoms with E-state index in [2.05, 4.69) is 144 Å². The molecule has 0 unspecified atom stereocenters. The second-order valence-electron chi connectivity index (χ2n) is 14.4. The Balaban J connectivity index is 1.11. The number of furan rings is 2. The highest BCUT2D eigenvalue weighted by Crippen LogP contribution is 2.42. The number of hydrogen-bond acceptors (Lipinski definition) is 5. The monoisotopic (exact) mass is 730 g/mol. The van der Waals surface area contributed by atoms with Crippen molar-refractivity contribution in [3.8, 4) is 51.0 Å². The van der Waals surface area contributed by atoms with Gasteiger partial charge in [-0.15, -0.1) is 0 Å². The van der Waals surface area contributed by atoms with Gasteiger partial charge in [0.1, 0.15) is 22.3 Å². The second kappa shape index (κ2) is 12.3. The van der Waals surface area contributed by atoms with Crippen molar-refractivity contribution in [2.24, 2.45) is 0 Å². The Morgan fingerprint density at radius 1 is 0.333 bits per heavy atom. The highest BCUT2D eigenvalue weighted by atomic mass is 16.3. The van der Waals surface area contributed by atoms with Gasteiger partial charge in [0.15, 0.2) is 17.5 Å². The molecule has 0 N–H and O–H groups in total. The number of nitrogens with zero attached hydrogens (tertiary/aromatic N) is 4. The van der Waals surface area contributed by atoms with Crippen molar-refractivity contribution >= 4 is 65.7 Å². The quantitative estimate of drug-likeness (QED) is 0.176. The van der Waals surface area contributed by atoms with Gasteiger partial charge in [-0.2, -0.15) is 0 Å². The van der Waals surface area contributed by atoms with Crippen LogP contribution in [-0.4, -0.2) is 19.5 Å². The maximum Gasteiger partial charge on any atom is 0.164 e. The lowest BCUT2D eigenvalue weighted by atomic mass is 10.0. The molecule has 0 radical (unpaired) electrons. The summed E-state index contributed by atoms with van der Waals surface area (Å²) in [6.45, 7) is 0. The Bertz CT molecular complexity index is 3530.